The molecule has 3 aromatic rings. The number of nitrogens with zero attached hydrogens (tertiary/aromatic N) is 5. The predicted molar refractivity (Wildman–Crippen MR) is 106 cm³/mol. The van der Waals surface area contributed by atoms with Crippen LogP contribution in [-0.4, -0.2) is 45.0 Å². The van der Waals surface area contributed by atoms with Crippen LogP contribution in [0.2, 0.25) is 0 Å². The van der Waals surface area contributed by atoms with Crippen LogP contribution in [0.15, 0.2) is 38.3 Å². The maximum absolute atomic E-state index is 13.1. The summed E-state index contributed by atoms with van der Waals surface area (Å²) >= 11 is 3.39. The van der Waals surface area contributed by atoms with Gasteiger partial charge in [-0.2, -0.15) is 4.98 Å². The second-order valence-electron chi connectivity index (χ2n) is 6.60. The Labute approximate surface area is 163 Å². The highest BCUT2D eigenvalue weighted by Crippen LogP contribution is 2.19. The van der Waals surface area contributed by atoms with Gasteiger partial charge in [-0.15, -0.1) is 0 Å². The predicted octanol–water partition coefficient (Wildman–Crippen LogP) is 1.08. The Morgan fingerprint density at radius 3 is 2.41 bits per heavy atom. The van der Waals surface area contributed by atoms with Crippen molar-refractivity contribution in [2.24, 2.45) is 14.1 Å². The van der Waals surface area contributed by atoms with Crippen LogP contribution >= 0.6 is 15.9 Å². The van der Waals surface area contributed by atoms with Gasteiger partial charge in [0.2, 0.25) is 5.95 Å². The van der Waals surface area contributed by atoms with E-state index in [4.69, 9.17) is 4.74 Å². The van der Waals surface area contributed by atoms with Crippen LogP contribution in [0, 0.1) is 0 Å². The van der Waals surface area contributed by atoms with E-state index in [0.717, 1.165) is 10.0 Å². The zero-order valence-electron chi connectivity index (χ0n) is 15.2. The molecule has 8 nitrogen and oxygen atoms in total. The molecule has 3 heterocycles. The molecular formula is C18H20BrN5O3. The number of hydrogen-bond donors (Lipinski definition) is 0. The number of anilines is 1. The van der Waals surface area contributed by atoms with Crippen LogP contribution in [0.25, 0.3) is 11.2 Å². The molecule has 2 aromatic heterocycles. The summed E-state index contributed by atoms with van der Waals surface area (Å²) < 4.78 is 10.8. The van der Waals surface area contributed by atoms with Gasteiger partial charge in [-0.05, 0) is 17.7 Å². The van der Waals surface area contributed by atoms with Gasteiger partial charge in [-0.3, -0.25) is 13.9 Å². The van der Waals surface area contributed by atoms with Gasteiger partial charge < -0.3 is 14.2 Å². The van der Waals surface area contributed by atoms with E-state index >= 15 is 0 Å². The maximum Gasteiger partial charge on any atom is 0.332 e. The Kier molecular flexibility index (Phi) is 4.65. The highest BCUT2D eigenvalue weighted by atomic mass is 79.9. The summed E-state index contributed by atoms with van der Waals surface area (Å²) in [6, 6.07) is 7.57. The van der Waals surface area contributed by atoms with Crippen LogP contribution in [0.4, 0.5) is 5.95 Å². The van der Waals surface area contributed by atoms with Crippen LogP contribution in [0.5, 0.6) is 0 Å². The topological polar surface area (TPSA) is 74.3 Å². The molecule has 0 amide bonds. The van der Waals surface area contributed by atoms with Crippen molar-refractivity contribution < 1.29 is 4.74 Å². The first-order valence-corrected chi connectivity index (χ1v) is 9.50. The number of aromatic nitrogens is 4. The van der Waals surface area contributed by atoms with Crippen molar-refractivity contribution in [3.63, 3.8) is 0 Å². The van der Waals surface area contributed by atoms with Crippen molar-refractivity contribution in [1.82, 2.24) is 18.7 Å². The largest absolute Gasteiger partial charge is 0.378 e. The molecule has 1 aromatic carbocycles. The van der Waals surface area contributed by atoms with Crippen molar-refractivity contribution in [2.75, 3.05) is 31.2 Å². The zero-order chi connectivity index (χ0) is 19.1. The zero-order valence-corrected chi connectivity index (χ0v) is 16.8. The molecule has 0 aliphatic carbocycles. The average Bonchev–Trinajstić information content (AvgIpc) is 3.03. The molecule has 1 saturated heterocycles. The minimum absolute atomic E-state index is 0.215. The van der Waals surface area contributed by atoms with Crippen LogP contribution < -0.4 is 16.1 Å². The quantitative estimate of drug-likeness (QED) is 0.617. The summed E-state index contributed by atoms with van der Waals surface area (Å²) in [6.07, 6.45) is 0. The highest BCUT2D eigenvalue weighted by molar-refractivity contribution is 9.10. The molecule has 0 saturated carbocycles. The minimum atomic E-state index is -0.373. The smallest absolute Gasteiger partial charge is 0.332 e. The van der Waals surface area contributed by atoms with E-state index in [9.17, 15) is 9.59 Å². The third kappa shape index (κ3) is 3.10. The molecule has 4 rings (SSSR count). The monoisotopic (exact) mass is 433 g/mol. The third-order valence-electron chi connectivity index (χ3n) is 4.88. The number of fused-ring (bicyclic) bond motifs is 1. The first kappa shape index (κ1) is 18.0. The lowest BCUT2D eigenvalue weighted by Gasteiger charge is -2.27. The summed E-state index contributed by atoms with van der Waals surface area (Å²) in [5.74, 6) is 0.682. The Morgan fingerprint density at radius 2 is 1.74 bits per heavy atom. The fourth-order valence-electron chi connectivity index (χ4n) is 3.39. The molecular weight excluding hydrogens is 414 g/mol. The molecule has 0 radical (unpaired) electrons. The molecule has 0 unspecified atom stereocenters. The van der Waals surface area contributed by atoms with Gasteiger partial charge in [0.1, 0.15) is 0 Å². The number of hydrogen-bond acceptors (Lipinski definition) is 5. The molecule has 0 spiro atoms. The van der Waals surface area contributed by atoms with E-state index in [1.807, 2.05) is 31.3 Å². The van der Waals surface area contributed by atoms with Gasteiger partial charge in [-0.1, -0.05) is 28.1 Å². The fraction of sp³-hybridized carbons (Fsp3) is 0.389. The maximum atomic E-state index is 13.1. The highest BCUT2D eigenvalue weighted by Gasteiger charge is 2.22. The first-order valence-electron chi connectivity index (χ1n) is 8.71. The summed E-state index contributed by atoms with van der Waals surface area (Å²) in [7, 11) is 3.47. The van der Waals surface area contributed by atoms with Gasteiger partial charge in [0.25, 0.3) is 5.56 Å². The van der Waals surface area contributed by atoms with Crippen LogP contribution in [0.1, 0.15) is 5.56 Å². The number of ether oxygens (including phenoxy) is 1. The van der Waals surface area contributed by atoms with Crippen LogP contribution in [-0.2, 0) is 25.4 Å². The second kappa shape index (κ2) is 6.97. The first-order chi connectivity index (χ1) is 13.0. The molecule has 1 aliphatic rings. The summed E-state index contributed by atoms with van der Waals surface area (Å²) in [5, 5.41) is 0. The summed E-state index contributed by atoms with van der Waals surface area (Å²) in [5.41, 5.74) is 1.01. The van der Waals surface area contributed by atoms with E-state index < -0.39 is 0 Å². The molecule has 1 aliphatic heterocycles. The number of benzene rings is 1. The Morgan fingerprint density at radius 1 is 1.07 bits per heavy atom. The van der Waals surface area contributed by atoms with E-state index in [1.165, 1.54) is 9.13 Å². The fourth-order valence-corrected chi connectivity index (χ4v) is 3.65. The van der Waals surface area contributed by atoms with E-state index in [1.54, 1.807) is 11.6 Å². The van der Waals surface area contributed by atoms with Crippen molar-refractivity contribution in [3.8, 4) is 0 Å². The van der Waals surface area contributed by atoms with Crippen molar-refractivity contribution in [1.29, 1.82) is 0 Å². The van der Waals surface area contributed by atoms with Gasteiger partial charge in [0.05, 0.1) is 19.8 Å². The van der Waals surface area contributed by atoms with Gasteiger partial charge >= 0.3 is 5.69 Å². The van der Waals surface area contributed by atoms with Gasteiger partial charge in [0, 0.05) is 31.7 Å². The van der Waals surface area contributed by atoms with E-state index in [-0.39, 0.29) is 17.8 Å². The Bertz CT molecular complexity index is 1110. The SMILES string of the molecule is Cn1c(N2CCOCC2)nc2c1c(=O)n(Cc1ccc(Br)cc1)c(=O)n2C. The van der Waals surface area contributed by atoms with Crippen molar-refractivity contribution >= 4 is 33.0 Å². The third-order valence-corrected chi connectivity index (χ3v) is 5.41. The lowest BCUT2D eigenvalue weighted by Crippen LogP contribution is -2.40. The number of halogens is 1. The summed E-state index contributed by atoms with van der Waals surface area (Å²) in [6.45, 7) is 2.87. The molecule has 1 fully saturated rings. The number of imidazole rings is 1. The number of rotatable bonds is 3. The van der Waals surface area contributed by atoms with Gasteiger partial charge in [-0.25, -0.2) is 4.79 Å². The molecule has 142 valence electrons. The normalized spacial score (nSPS) is 14.9. The molecule has 0 bridgehead atoms. The Balaban J connectivity index is 1.86. The minimum Gasteiger partial charge on any atom is -0.378 e. The Hall–Kier alpha value is -2.39. The molecule has 0 N–H and O–H groups in total. The van der Waals surface area contributed by atoms with E-state index in [2.05, 4.69) is 25.8 Å². The molecule has 27 heavy (non-hydrogen) atoms. The lowest BCUT2D eigenvalue weighted by atomic mass is 10.2. The lowest BCUT2D eigenvalue weighted by molar-refractivity contribution is 0.122. The number of morpholine rings is 1. The van der Waals surface area contributed by atoms with E-state index in [0.29, 0.717) is 43.4 Å². The van der Waals surface area contributed by atoms with Crippen molar-refractivity contribution in [2.45, 2.75) is 6.54 Å². The standard InChI is InChI=1S/C18H20BrN5O3/c1-21-14-15(20-17(21)23-7-9-27-10-8-23)22(2)18(26)24(16(14)25)11-12-3-5-13(19)6-4-12/h3-6H,7-11H2,1-2H3. The van der Waals surface area contributed by atoms with Crippen LogP contribution in [0.3, 0.4) is 0 Å². The molecule has 9 heteroatoms. The van der Waals surface area contributed by atoms with Crippen molar-refractivity contribution in [3.05, 3.63) is 55.1 Å². The van der Waals surface area contributed by atoms with Gasteiger partial charge in [0.15, 0.2) is 11.2 Å². The average molecular weight is 434 g/mol. The molecule has 0 atom stereocenters. The second-order valence-corrected chi connectivity index (χ2v) is 7.52. The summed E-state index contributed by atoms with van der Waals surface area (Å²) in [4.78, 5) is 32.6. The number of aryl methyl sites for hydroxylation is 2.